The number of furan rings is 1. The van der Waals surface area contributed by atoms with Gasteiger partial charge in [0.05, 0.1) is 36.8 Å². The number of hydrogen-bond acceptors (Lipinski definition) is 10. The van der Waals surface area contributed by atoms with Gasteiger partial charge in [0.15, 0.2) is 22.1 Å². The van der Waals surface area contributed by atoms with Crippen LogP contribution in [0.1, 0.15) is 43.2 Å². The van der Waals surface area contributed by atoms with Gasteiger partial charge in [-0.1, -0.05) is 30.4 Å². The van der Waals surface area contributed by atoms with Crippen molar-refractivity contribution in [1.82, 2.24) is 4.57 Å². The lowest BCUT2D eigenvalue weighted by atomic mass is 9.91. The van der Waals surface area contributed by atoms with Crippen molar-refractivity contribution in [2.75, 3.05) is 21.3 Å². The number of ketones is 1. The van der Waals surface area contributed by atoms with Crippen molar-refractivity contribution in [2.24, 2.45) is 4.99 Å². The number of thiazole rings is 1. The number of carbonyl (C=O) groups is 1. The number of ether oxygens (including phenoxy) is 3. The Labute approximate surface area is 250 Å². The van der Waals surface area contributed by atoms with E-state index in [4.69, 9.17) is 18.6 Å². The summed E-state index contributed by atoms with van der Waals surface area (Å²) in [6.45, 7) is 5.18. The number of aryl methyl sites for hydroxylation is 1. The molecule has 2 aromatic carbocycles. The zero-order valence-corrected chi connectivity index (χ0v) is 25.2. The van der Waals surface area contributed by atoms with Gasteiger partial charge in [0.25, 0.3) is 11.2 Å². The molecule has 0 saturated carbocycles. The van der Waals surface area contributed by atoms with Crippen molar-refractivity contribution in [3.05, 3.63) is 100 Å². The van der Waals surface area contributed by atoms with E-state index >= 15 is 0 Å². The Bertz CT molecular complexity index is 1960. The summed E-state index contributed by atoms with van der Waals surface area (Å²) >= 11 is 1.17. The Morgan fingerprint density at radius 3 is 2.40 bits per heavy atom. The van der Waals surface area contributed by atoms with Crippen molar-refractivity contribution >= 4 is 28.9 Å². The number of allylic oxidation sites excluding steroid dienone is 2. The second-order valence-corrected chi connectivity index (χ2v) is 10.8. The molecule has 1 aliphatic heterocycles. The number of nitro groups is 1. The standard InChI is InChI=1S/C31H29N3O8S/c1-7-22(35)27-17(3)32-31-33(28(27)19-13-24(39-4)29(41-6)25(14-19)40-5)30(36)26(43-31)15-20-10-11-23(42-20)18-9-8-16(2)21(12-18)34(37)38/h8-15,28H,7H2,1-6H3/b26-15-. The SMILES string of the molecule is CCC(=O)C1=C(C)N=c2s/c(=C\c3ccc(-c4ccc(C)c([N+](=O)[O-])c4)o3)c(=O)n2C1c1cc(OC)c(OC)c(OC)c1. The normalized spacial score (nSPS) is 14.7. The van der Waals surface area contributed by atoms with Gasteiger partial charge in [0, 0.05) is 41.0 Å². The topological polar surface area (TPSA) is 135 Å². The molecule has 0 aliphatic carbocycles. The van der Waals surface area contributed by atoms with E-state index < -0.39 is 11.0 Å². The molecular weight excluding hydrogens is 574 g/mol. The summed E-state index contributed by atoms with van der Waals surface area (Å²) in [5.74, 6) is 1.82. The van der Waals surface area contributed by atoms with Gasteiger partial charge in [0.2, 0.25) is 5.75 Å². The molecule has 43 heavy (non-hydrogen) atoms. The molecular formula is C31H29N3O8S. The average molecular weight is 604 g/mol. The summed E-state index contributed by atoms with van der Waals surface area (Å²) in [6.07, 6.45) is 1.82. The minimum Gasteiger partial charge on any atom is -0.493 e. The Kier molecular flexibility index (Phi) is 8.05. The molecule has 5 rings (SSSR count). The van der Waals surface area contributed by atoms with E-state index in [-0.39, 0.29) is 23.5 Å². The van der Waals surface area contributed by atoms with E-state index in [1.54, 1.807) is 63.2 Å². The minimum atomic E-state index is -0.792. The maximum absolute atomic E-state index is 14.0. The third kappa shape index (κ3) is 5.25. The predicted molar refractivity (Wildman–Crippen MR) is 161 cm³/mol. The first-order valence-corrected chi connectivity index (χ1v) is 14.1. The first-order chi connectivity index (χ1) is 20.6. The Morgan fingerprint density at radius 2 is 1.79 bits per heavy atom. The van der Waals surface area contributed by atoms with Crippen LogP contribution in [0.15, 0.2) is 67.9 Å². The van der Waals surface area contributed by atoms with Crippen molar-refractivity contribution in [1.29, 1.82) is 0 Å². The molecule has 0 N–H and O–H groups in total. The number of Topliss-reactive ketones (excluding diaryl/α,β-unsaturated/α-hetero) is 1. The van der Waals surface area contributed by atoms with Gasteiger partial charge in [-0.15, -0.1) is 0 Å². The smallest absolute Gasteiger partial charge is 0.273 e. The lowest BCUT2D eigenvalue weighted by molar-refractivity contribution is -0.385. The average Bonchev–Trinajstić information content (AvgIpc) is 3.59. The van der Waals surface area contributed by atoms with E-state index in [1.165, 1.54) is 43.3 Å². The van der Waals surface area contributed by atoms with Crippen molar-refractivity contribution in [3.63, 3.8) is 0 Å². The molecule has 1 atom stereocenters. The summed E-state index contributed by atoms with van der Waals surface area (Å²) in [5.41, 5.74) is 2.22. The molecule has 2 aromatic heterocycles. The zero-order chi connectivity index (χ0) is 31.0. The maximum atomic E-state index is 14.0. The van der Waals surface area contributed by atoms with E-state index in [2.05, 4.69) is 4.99 Å². The summed E-state index contributed by atoms with van der Waals surface area (Å²) in [6, 6.07) is 10.9. The molecule has 12 heteroatoms. The van der Waals surface area contributed by atoms with Crippen LogP contribution in [0.2, 0.25) is 0 Å². The maximum Gasteiger partial charge on any atom is 0.273 e. The van der Waals surface area contributed by atoms with Gasteiger partial charge in [-0.3, -0.25) is 24.3 Å². The van der Waals surface area contributed by atoms with Crippen molar-refractivity contribution in [2.45, 2.75) is 33.2 Å². The van der Waals surface area contributed by atoms with Crippen molar-refractivity contribution in [3.8, 4) is 28.6 Å². The Hall–Kier alpha value is -4.97. The number of carbonyl (C=O) groups excluding carboxylic acids is 1. The van der Waals surface area contributed by atoms with Crippen LogP contribution in [0, 0.1) is 17.0 Å². The summed E-state index contributed by atoms with van der Waals surface area (Å²) in [5, 5.41) is 11.4. The highest BCUT2D eigenvalue weighted by atomic mass is 32.1. The van der Waals surface area contributed by atoms with Gasteiger partial charge in [0.1, 0.15) is 11.5 Å². The van der Waals surface area contributed by atoms with Crippen LogP contribution in [0.5, 0.6) is 17.2 Å². The fourth-order valence-corrected chi connectivity index (χ4v) is 6.14. The summed E-state index contributed by atoms with van der Waals surface area (Å²) in [7, 11) is 4.50. The largest absolute Gasteiger partial charge is 0.493 e. The lowest BCUT2D eigenvalue weighted by Gasteiger charge is -2.26. The summed E-state index contributed by atoms with van der Waals surface area (Å²) in [4.78, 5) is 43.3. The predicted octanol–water partition coefficient (Wildman–Crippen LogP) is 4.72. The first kappa shape index (κ1) is 29.5. The second-order valence-electron chi connectivity index (χ2n) is 9.78. The molecule has 11 nitrogen and oxygen atoms in total. The van der Waals surface area contributed by atoms with E-state index in [0.29, 0.717) is 66.1 Å². The minimum absolute atomic E-state index is 0.0108. The molecule has 3 heterocycles. The molecule has 0 fully saturated rings. The molecule has 1 aliphatic rings. The number of nitrogens with zero attached hydrogens (tertiary/aromatic N) is 3. The molecule has 0 spiro atoms. The van der Waals surface area contributed by atoms with E-state index in [0.717, 1.165) is 0 Å². The van der Waals surface area contributed by atoms with Gasteiger partial charge >= 0.3 is 0 Å². The second kappa shape index (κ2) is 11.7. The van der Waals surface area contributed by atoms with E-state index in [9.17, 15) is 19.7 Å². The lowest BCUT2D eigenvalue weighted by Crippen LogP contribution is -2.39. The number of methoxy groups -OCH3 is 3. The number of fused-ring (bicyclic) bond motifs is 1. The number of aromatic nitrogens is 1. The number of benzene rings is 2. The molecule has 0 amide bonds. The molecule has 222 valence electrons. The fourth-order valence-electron chi connectivity index (χ4n) is 5.12. The van der Waals surface area contributed by atoms with Crippen LogP contribution in [-0.4, -0.2) is 36.6 Å². The third-order valence-corrected chi connectivity index (χ3v) is 8.22. The van der Waals surface area contributed by atoms with Gasteiger partial charge < -0.3 is 18.6 Å². The van der Waals surface area contributed by atoms with Gasteiger partial charge in [-0.2, -0.15) is 0 Å². The molecule has 1 unspecified atom stereocenters. The highest BCUT2D eigenvalue weighted by Crippen LogP contribution is 2.42. The number of hydrogen-bond donors (Lipinski definition) is 0. The van der Waals surface area contributed by atoms with Crippen LogP contribution in [0.4, 0.5) is 5.69 Å². The highest BCUT2D eigenvalue weighted by Gasteiger charge is 2.33. The van der Waals surface area contributed by atoms with Crippen LogP contribution in [-0.2, 0) is 4.79 Å². The number of nitro benzene ring substituents is 1. The van der Waals surface area contributed by atoms with Gasteiger partial charge in [-0.25, -0.2) is 4.99 Å². The van der Waals surface area contributed by atoms with Crippen LogP contribution in [0.3, 0.4) is 0 Å². The number of rotatable bonds is 9. The molecule has 0 bridgehead atoms. The van der Waals surface area contributed by atoms with Crippen molar-refractivity contribution < 1.29 is 28.3 Å². The van der Waals surface area contributed by atoms with E-state index in [1.807, 2.05) is 0 Å². The molecule has 0 saturated heterocycles. The third-order valence-electron chi connectivity index (χ3n) is 7.24. The molecule has 4 aromatic rings. The summed E-state index contributed by atoms with van der Waals surface area (Å²) < 4.78 is 24.4. The van der Waals surface area contributed by atoms with Crippen LogP contribution >= 0.6 is 11.3 Å². The Morgan fingerprint density at radius 1 is 1.09 bits per heavy atom. The highest BCUT2D eigenvalue weighted by molar-refractivity contribution is 7.07. The quantitative estimate of drug-likeness (QED) is 0.198. The Balaban J connectivity index is 1.67. The monoisotopic (exact) mass is 603 g/mol. The molecule has 0 radical (unpaired) electrons. The fraction of sp³-hybridized carbons (Fsp3) is 0.258. The zero-order valence-electron chi connectivity index (χ0n) is 24.4. The first-order valence-electron chi connectivity index (χ1n) is 13.3. The van der Waals surface area contributed by atoms with Gasteiger partial charge in [-0.05, 0) is 43.7 Å². The van der Waals surface area contributed by atoms with Crippen LogP contribution in [0.25, 0.3) is 17.4 Å². The van der Waals surface area contributed by atoms with Crippen LogP contribution < -0.4 is 29.1 Å².